The van der Waals surface area contributed by atoms with Gasteiger partial charge >= 0.3 is 0 Å². The number of benzene rings is 1. The molecule has 0 aromatic heterocycles. The summed E-state index contributed by atoms with van der Waals surface area (Å²) in [6.07, 6.45) is 3.08. The van der Waals surface area contributed by atoms with Gasteiger partial charge in [-0.2, -0.15) is 0 Å². The molecule has 1 aliphatic carbocycles. The van der Waals surface area contributed by atoms with Crippen LogP contribution in [0.2, 0.25) is 0 Å². The summed E-state index contributed by atoms with van der Waals surface area (Å²) in [5.41, 5.74) is 2.71. The molecule has 0 amide bonds. The van der Waals surface area contributed by atoms with Crippen LogP contribution in [0.15, 0.2) is 23.1 Å². The third-order valence-electron chi connectivity index (χ3n) is 4.75. The van der Waals surface area contributed by atoms with Crippen LogP contribution in [0.25, 0.3) is 0 Å². The van der Waals surface area contributed by atoms with Crippen molar-refractivity contribution in [1.29, 1.82) is 0 Å². The molecule has 3 rings (SSSR count). The molecule has 2 fully saturated rings. The predicted octanol–water partition coefficient (Wildman–Crippen LogP) is 3.28. The van der Waals surface area contributed by atoms with Gasteiger partial charge in [-0.05, 0) is 50.6 Å². The minimum Gasteiger partial charge on any atom is -0.347 e. The molecule has 0 radical (unpaired) electrons. The van der Waals surface area contributed by atoms with Crippen molar-refractivity contribution in [3.05, 3.63) is 29.3 Å². The zero-order valence-corrected chi connectivity index (χ0v) is 14.0. The monoisotopic (exact) mass is 307 g/mol. The topological polar surface area (TPSA) is 30.5 Å². The second-order valence-corrected chi connectivity index (χ2v) is 7.46. The number of hydrogen-bond acceptors (Lipinski definition) is 4. The van der Waals surface area contributed by atoms with Gasteiger partial charge in [-0.3, -0.25) is 0 Å². The highest BCUT2D eigenvalue weighted by molar-refractivity contribution is 8.00. The fourth-order valence-electron chi connectivity index (χ4n) is 3.29. The first-order valence-corrected chi connectivity index (χ1v) is 8.69. The van der Waals surface area contributed by atoms with Crippen molar-refractivity contribution in [2.24, 2.45) is 0 Å². The first kappa shape index (κ1) is 15.3. The van der Waals surface area contributed by atoms with Gasteiger partial charge in [0.1, 0.15) is 0 Å². The zero-order chi connectivity index (χ0) is 14.9. The minimum atomic E-state index is -0.315. The number of hydrogen-bond donors (Lipinski definition) is 1. The summed E-state index contributed by atoms with van der Waals surface area (Å²) in [5, 5.41) is 3.96. The molecular formula is C17H25NO2S. The molecular weight excluding hydrogens is 282 g/mol. The average Bonchev–Trinajstić information content (AvgIpc) is 2.91. The minimum absolute atomic E-state index is 0.315. The van der Waals surface area contributed by atoms with E-state index in [0.29, 0.717) is 11.3 Å². The van der Waals surface area contributed by atoms with Crippen molar-refractivity contribution in [3.63, 3.8) is 0 Å². The predicted molar refractivity (Wildman–Crippen MR) is 86.9 cm³/mol. The highest BCUT2D eigenvalue weighted by Gasteiger charge is 2.45. The van der Waals surface area contributed by atoms with E-state index in [4.69, 9.17) is 9.47 Å². The van der Waals surface area contributed by atoms with E-state index < -0.39 is 0 Å². The van der Waals surface area contributed by atoms with E-state index in [1.165, 1.54) is 16.0 Å². The second kappa shape index (κ2) is 6.29. The third-order valence-corrected chi connectivity index (χ3v) is 6.07. The van der Waals surface area contributed by atoms with Crippen LogP contribution in [-0.4, -0.2) is 37.3 Å². The Morgan fingerprint density at radius 2 is 1.95 bits per heavy atom. The first-order chi connectivity index (χ1) is 10.1. The van der Waals surface area contributed by atoms with Gasteiger partial charge in [-0.15, -0.1) is 11.8 Å². The summed E-state index contributed by atoms with van der Waals surface area (Å²) in [4.78, 5) is 1.35. The van der Waals surface area contributed by atoms with Crippen molar-refractivity contribution in [1.82, 2.24) is 5.32 Å². The van der Waals surface area contributed by atoms with Crippen LogP contribution in [-0.2, 0) is 9.47 Å². The normalized spacial score (nSPS) is 28.1. The summed E-state index contributed by atoms with van der Waals surface area (Å²) in [6, 6.07) is 7.27. The van der Waals surface area contributed by atoms with Gasteiger partial charge in [0.05, 0.1) is 13.2 Å². The fraction of sp³-hybridized carbons (Fsp3) is 0.647. The highest BCUT2D eigenvalue weighted by Crippen LogP contribution is 2.42. The fourth-order valence-corrected chi connectivity index (χ4v) is 4.80. The lowest BCUT2D eigenvalue weighted by Crippen LogP contribution is -2.48. The number of thioether (sulfide) groups is 1. The van der Waals surface area contributed by atoms with Gasteiger partial charge in [0.25, 0.3) is 0 Å². The molecule has 1 saturated carbocycles. The van der Waals surface area contributed by atoms with Crippen LogP contribution in [0, 0.1) is 13.8 Å². The van der Waals surface area contributed by atoms with Gasteiger partial charge in [-0.1, -0.05) is 6.07 Å². The Kier molecular flexibility index (Phi) is 4.60. The Balaban J connectivity index is 1.75. The average molecular weight is 307 g/mol. The molecule has 116 valence electrons. The maximum Gasteiger partial charge on any atom is 0.169 e. The van der Waals surface area contributed by atoms with E-state index in [-0.39, 0.29) is 5.79 Å². The third kappa shape index (κ3) is 3.29. The molecule has 1 aromatic rings. The summed E-state index contributed by atoms with van der Waals surface area (Å²) >= 11 is 1.96. The molecule has 2 aliphatic rings. The maximum absolute atomic E-state index is 5.92. The van der Waals surface area contributed by atoms with Gasteiger partial charge in [0.15, 0.2) is 5.79 Å². The largest absolute Gasteiger partial charge is 0.347 e. The van der Waals surface area contributed by atoms with Gasteiger partial charge < -0.3 is 14.8 Å². The lowest BCUT2D eigenvalue weighted by Gasteiger charge is -2.40. The number of aryl methyl sites for hydroxylation is 2. The lowest BCUT2D eigenvalue weighted by molar-refractivity contribution is -0.177. The second-order valence-electron chi connectivity index (χ2n) is 6.15. The van der Waals surface area contributed by atoms with E-state index in [9.17, 15) is 0 Å². The Morgan fingerprint density at radius 1 is 1.19 bits per heavy atom. The van der Waals surface area contributed by atoms with E-state index in [2.05, 4.69) is 44.4 Å². The van der Waals surface area contributed by atoms with Crippen LogP contribution < -0.4 is 5.32 Å². The van der Waals surface area contributed by atoms with Crippen molar-refractivity contribution in [2.75, 3.05) is 20.3 Å². The molecule has 1 N–H and O–H groups in total. The van der Waals surface area contributed by atoms with Crippen LogP contribution in [0.4, 0.5) is 0 Å². The summed E-state index contributed by atoms with van der Waals surface area (Å²) in [5.74, 6) is -0.315. The Bertz CT molecular complexity index is 500. The quantitative estimate of drug-likeness (QED) is 0.928. The van der Waals surface area contributed by atoms with Crippen molar-refractivity contribution >= 4 is 11.8 Å². The van der Waals surface area contributed by atoms with Crippen LogP contribution in [0.5, 0.6) is 0 Å². The molecule has 21 heavy (non-hydrogen) atoms. The molecule has 0 bridgehead atoms. The Labute approximate surface area is 131 Å². The maximum atomic E-state index is 5.92. The highest BCUT2D eigenvalue weighted by atomic mass is 32.2. The van der Waals surface area contributed by atoms with E-state index in [0.717, 1.165) is 32.5 Å². The standard InChI is InChI=1S/C17H25NO2S/c1-12-4-5-14(10-13(12)2)21-16-11-17(19-8-9-20-17)7-6-15(16)18-3/h4-5,10,15-16,18H,6-9,11H2,1-3H3. The molecule has 1 heterocycles. The molecule has 2 atom stereocenters. The molecule has 1 aliphatic heterocycles. The van der Waals surface area contributed by atoms with E-state index >= 15 is 0 Å². The van der Waals surface area contributed by atoms with Crippen LogP contribution in [0.3, 0.4) is 0 Å². The Hall–Kier alpha value is -0.550. The van der Waals surface area contributed by atoms with Gasteiger partial charge in [0.2, 0.25) is 0 Å². The van der Waals surface area contributed by atoms with Crippen molar-refractivity contribution in [2.45, 2.75) is 55.1 Å². The molecule has 1 saturated heterocycles. The summed E-state index contributed by atoms with van der Waals surface area (Å²) in [6.45, 7) is 5.83. The number of ether oxygens (including phenoxy) is 2. The van der Waals surface area contributed by atoms with E-state index in [1.807, 2.05) is 11.8 Å². The number of rotatable bonds is 3. The number of nitrogens with one attached hydrogen (secondary N) is 1. The molecule has 1 spiro atoms. The Morgan fingerprint density at radius 3 is 2.62 bits per heavy atom. The first-order valence-electron chi connectivity index (χ1n) is 7.81. The molecule has 4 heteroatoms. The molecule has 2 unspecified atom stereocenters. The van der Waals surface area contributed by atoms with Crippen LogP contribution in [0.1, 0.15) is 30.4 Å². The molecule has 1 aromatic carbocycles. The van der Waals surface area contributed by atoms with Gasteiger partial charge in [0, 0.05) is 29.0 Å². The SMILES string of the molecule is CNC1CCC2(CC1Sc1ccc(C)c(C)c1)OCCO2. The zero-order valence-electron chi connectivity index (χ0n) is 13.1. The van der Waals surface area contributed by atoms with Crippen molar-refractivity contribution < 1.29 is 9.47 Å². The summed E-state index contributed by atoms with van der Waals surface area (Å²) in [7, 11) is 2.06. The van der Waals surface area contributed by atoms with Crippen LogP contribution >= 0.6 is 11.8 Å². The summed E-state index contributed by atoms with van der Waals surface area (Å²) < 4.78 is 11.8. The van der Waals surface area contributed by atoms with E-state index in [1.54, 1.807) is 0 Å². The lowest BCUT2D eigenvalue weighted by atomic mass is 9.89. The van der Waals surface area contributed by atoms with Gasteiger partial charge in [-0.25, -0.2) is 0 Å². The van der Waals surface area contributed by atoms with Crippen molar-refractivity contribution in [3.8, 4) is 0 Å². The smallest absolute Gasteiger partial charge is 0.169 e. The molecule has 3 nitrogen and oxygen atoms in total.